The molecule has 0 aromatic carbocycles. The van der Waals surface area contributed by atoms with E-state index in [2.05, 4.69) is 4.98 Å². The molecule has 0 fully saturated rings. The van der Waals surface area contributed by atoms with Gasteiger partial charge in [-0.05, 0) is 39.8 Å². The lowest BCUT2D eigenvalue weighted by atomic mass is 9.91. The van der Waals surface area contributed by atoms with Gasteiger partial charge in [-0.25, -0.2) is 4.98 Å². The summed E-state index contributed by atoms with van der Waals surface area (Å²) in [4.78, 5) is 16.4. The van der Waals surface area contributed by atoms with Crippen molar-refractivity contribution in [3.8, 4) is 10.8 Å². The summed E-state index contributed by atoms with van der Waals surface area (Å²) in [6, 6.07) is 3.72. The molecule has 0 atom stereocenters. The molecule has 18 heavy (non-hydrogen) atoms. The van der Waals surface area contributed by atoms with Crippen molar-refractivity contribution in [3.05, 3.63) is 28.5 Å². The number of hydrogen-bond acceptors (Lipinski definition) is 4. The van der Waals surface area contributed by atoms with Crippen molar-refractivity contribution in [2.45, 2.75) is 33.1 Å². The van der Waals surface area contributed by atoms with E-state index in [0.717, 1.165) is 21.3 Å². The summed E-state index contributed by atoms with van der Waals surface area (Å²) in [6.07, 6.45) is 0. The summed E-state index contributed by atoms with van der Waals surface area (Å²) >= 11 is 1.38. The number of thiazole rings is 1. The fourth-order valence-electron chi connectivity index (χ4n) is 1.73. The van der Waals surface area contributed by atoms with Crippen LogP contribution in [0.25, 0.3) is 10.8 Å². The van der Waals surface area contributed by atoms with Crippen molar-refractivity contribution in [1.82, 2.24) is 4.98 Å². The zero-order valence-electron chi connectivity index (χ0n) is 10.8. The van der Waals surface area contributed by atoms with E-state index in [0.29, 0.717) is 5.76 Å². The van der Waals surface area contributed by atoms with E-state index in [1.54, 1.807) is 13.8 Å². The lowest BCUT2D eigenvalue weighted by Crippen LogP contribution is -2.28. The molecule has 0 aliphatic heterocycles. The molecule has 0 aliphatic carbocycles. The largest absolute Gasteiger partial charge is 0.481 e. The quantitative estimate of drug-likeness (QED) is 0.924. The summed E-state index contributed by atoms with van der Waals surface area (Å²) in [5.41, 5.74) is -0.182. The molecule has 5 heteroatoms. The second-order valence-corrected chi connectivity index (χ2v) is 5.77. The number of aliphatic carboxylic acids is 1. The Morgan fingerprint density at radius 1 is 1.39 bits per heavy atom. The maximum absolute atomic E-state index is 11.3. The van der Waals surface area contributed by atoms with Crippen molar-refractivity contribution in [2.75, 3.05) is 0 Å². The van der Waals surface area contributed by atoms with Gasteiger partial charge in [0.1, 0.15) is 5.76 Å². The Morgan fingerprint density at radius 2 is 2.06 bits per heavy atom. The summed E-state index contributed by atoms with van der Waals surface area (Å²) in [6.45, 7) is 7.07. The Balaban J connectivity index is 2.48. The minimum Gasteiger partial charge on any atom is -0.481 e. The smallest absolute Gasteiger partial charge is 0.314 e. The van der Waals surface area contributed by atoms with Crippen LogP contribution in [-0.2, 0) is 10.2 Å². The Hall–Kier alpha value is -1.62. The first kappa shape index (κ1) is 12.8. The number of aromatic nitrogens is 1. The van der Waals surface area contributed by atoms with Crippen LogP contribution < -0.4 is 0 Å². The fourth-order valence-corrected chi connectivity index (χ4v) is 2.85. The molecule has 0 saturated carbocycles. The van der Waals surface area contributed by atoms with Crippen LogP contribution >= 0.6 is 11.3 Å². The summed E-state index contributed by atoms with van der Waals surface area (Å²) in [5.74, 6) is 0.654. The predicted molar refractivity (Wildman–Crippen MR) is 70.0 cm³/mol. The van der Waals surface area contributed by atoms with Gasteiger partial charge in [-0.1, -0.05) is 0 Å². The maximum atomic E-state index is 11.3. The number of nitrogens with zero attached hydrogens (tertiary/aromatic N) is 1. The molecule has 2 aromatic rings. The zero-order chi connectivity index (χ0) is 13.5. The van der Waals surface area contributed by atoms with Gasteiger partial charge < -0.3 is 9.52 Å². The Morgan fingerprint density at radius 3 is 2.56 bits per heavy atom. The summed E-state index contributed by atoms with van der Waals surface area (Å²) in [5, 5.41) is 9.99. The van der Waals surface area contributed by atoms with Gasteiger partial charge in [-0.3, -0.25) is 4.79 Å². The van der Waals surface area contributed by atoms with E-state index in [-0.39, 0.29) is 0 Å². The third-order valence-corrected chi connectivity index (χ3v) is 4.35. The highest BCUT2D eigenvalue weighted by atomic mass is 32.1. The van der Waals surface area contributed by atoms with Crippen LogP contribution in [0.4, 0.5) is 0 Å². The topological polar surface area (TPSA) is 63.3 Å². The van der Waals surface area contributed by atoms with Crippen LogP contribution in [0.1, 0.15) is 30.2 Å². The fraction of sp³-hybridized carbons (Fsp3) is 0.385. The van der Waals surface area contributed by atoms with Crippen molar-refractivity contribution < 1.29 is 14.3 Å². The van der Waals surface area contributed by atoms with Crippen molar-refractivity contribution in [2.24, 2.45) is 0 Å². The van der Waals surface area contributed by atoms with E-state index >= 15 is 0 Å². The molecule has 2 heterocycles. The van der Waals surface area contributed by atoms with Crippen LogP contribution in [0.5, 0.6) is 0 Å². The van der Waals surface area contributed by atoms with Crippen LogP contribution in [0, 0.1) is 13.8 Å². The minimum atomic E-state index is -0.929. The zero-order valence-corrected chi connectivity index (χ0v) is 11.6. The normalized spacial score (nSPS) is 11.8. The third-order valence-electron chi connectivity index (χ3n) is 2.85. The van der Waals surface area contributed by atoms with E-state index in [9.17, 15) is 9.90 Å². The van der Waals surface area contributed by atoms with Gasteiger partial charge in [-0.15, -0.1) is 11.3 Å². The van der Waals surface area contributed by atoms with Crippen molar-refractivity contribution in [3.63, 3.8) is 0 Å². The molecule has 1 N–H and O–H groups in total. The molecule has 4 nitrogen and oxygen atoms in total. The van der Waals surface area contributed by atoms with Crippen LogP contribution in [0.2, 0.25) is 0 Å². The molecule has 0 radical (unpaired) electrons. The van der Waals surface area contributed by atoms with Gasteiger partial charge >= 0.3 is 5.97 Å². The molecular formula is C13H15NO3S. The van der Waals surface area contributed by atoms with Crippen molar-refractivity contribution in [1.29, 1.82) is 0 Å². The van der Waals surface area contributed by atoms with Gasteiger partial charge in [0.25, 0.3) is 0 Å². The Kier molecular flexibility index (Phi) is 3.02. The molecule has 2 rings (SSSR count). The second kappa shape index (κ2) is 4.24. The molecule has 0 unspecified atom stereocenters. The van der Waals surface area contributed by atoms with Crippen molar-refractivity contribution >= 4 is 17.3 Å². The van der Waals surface area contributed by atoms with Gasteiger partial charge in [0, 0.05) is 4.88 Å². The highest BCUT2D eigenvalue weighted by molar-refractivity contribution is 7.15. The second-order valence-electron chi connectivity index (χ2n) is 4.77. The van der Waals surface area contributed by atoms with Crippen LogP contribution in [-0.4, -0.2) is 16.1 Å². The van der Waals surface area contributed by atoms with Crippen LogP contribution in [0.15, 0.2) is 16.5 Å². The van der Waals surface area contributed by atoms with E-state index in [1.165, 1.54) is 11.3 Å². The standard InChI is InChI=1S/C13H15NO3S/c1-7-5-6-9(17-7)11-14-8(2)10(18-11)13(3,4)12(15)16/h5-6H,1-4H3,(H,15,16). The average Bonchev–Trinajstić information content (AvgIpc) is 2.84. The van der Waals surface area contributed by atoms with Gasteiger partial charge in [0.15, 0.2) is 10.8 Å². The SMILES string of the molecule is Cc1ccc(-c2nc(C)c(C(C)(C)C(=O)O)s2)o1. The first-order valence-corrected chi connectivity index (χ1v) is 6.42. The van der Waals surface area contributed by atoms with Gasteiger partial charge in [0.05, 0.1) is 11.1 Å². The first-order chi connectivity index (χ1) is 8.32. The molecule has 96 valence electrons. The summed E-state index contributed by atoms with van der Waals surface area (Å²) < 4.78 is 5.51. The lowest BCUT2D eigenvalue weighted by Gasteiger charge is -2.17. The molecule has 2 aromatic heterocycles. The monoisotopic (exact) mass is 265 g/mol. The van der Waals surface area contributed by atoms with Gasteiger partial charge in [-0.2, -0.15) is 0 Å². The number of carbonyl (C=O) groups is 1. The first-order valence-electron chi connectivity index (χ1n) is 5.60. The predicted octanol–water partition coefficient (Wildman–Crippen LogP) is 3.38. The van der Waals surface area contributed by atoms with E-state index in [1.807, 2.05) is 26.0 Å². The lowest BCUT2D eigenvalue weighted by molar-refractivity contribution is -0.142. The number of rotatable bonds is 3. The van der Waals surface area contributed by atoms with E-state index in [4.69, 9.17) is 4.42 Å². The average molecular weight is 265 g/mol. The molecule has 0 saturated heterocycles. The molecule has 0 spiro atoms. The number of hydrogen-bond donors (Lipinski definition) is 1. The maximum Gasteiger partial charge on any atom is 0.314 e. The summed E-state index contributed by atoms with van der Waals surface area (Å²) in [7, 11) is 0. The van der Waals surface area contributed by atoms with Crippen LogP contribution in [0.3, 0.4) is 0 Å². The number of carboxylic acids is 1. The molecule has 0 amide bonds. The molecule has 0 aliphatic rings. The number of furan rings is 1. The third kappa shape index (κ3) is 2.06. The molecular weight excluding hydrogens is 250 g/mol. The Bertz CT molecular complexity index is 595. The Labute approximate surface area is 109 Å². The van der Waals surface area contributed by atoms with E-state index < -0.39 is 11.4 Å². The molecule has 0 bridgehead atoms. The highest BCUT2D eigenvalue weighted by Gasteiger charge is 2.34. The number of carboxylic acid groups (broad SMARTS) is 1. The minimum absolute atomic E-state index is 0.688. The number of aryl methyl sites for hydroxylation is 2. The van der Waals surface area contributed by atoms with Gasteiger partial charge in [0.2, 0.25) is 0 Å². The highest BCUT2D eigenvalue weighted by Crippen LogP contribution is 2.36.